The van der Waals surface area contributed by atoms with Crippen LogP contribution in [0, 0.1) is 0 Å². The molecule has 1 unspecified atom stereocenters. The molecule has 0 heterocycles. The lowest BCUT2D eigenvalue weighted by atomic mass is 10.9. The molecule has 8 heavy (non-hydrogen) atoms. The molecule has 0 aromatic heterocycles. The van der Waals surface area contributed by atoms with Crippen LogP contribution in [0.1, 0.15) is 6.92 Å². The van der Waals surface area contributed by atoms with Crippen LogP contribution in [-0.4, -0.2) is 16.9 Å². The van der Waals surface area contributed by atoms with E-state index in [2.05, 4.69) is 12.2 Å². The fraction of sp³-hybridized carbons (Fsp3) is 0.750. The van der Waals surface area contributed by atoms with Gasteiger partial charge in [0.1, 0.15) is 9.76 Å². The van der Waals surface area contributed by atoms with E-state index in [-0.39, 0.29) is 5.44 Å². The topological polar surface area (TPSA) is 35.2 Å². The fourth-order valence-corrected chi connectivity index (χ4v) is 1.04. The van der Waals surface area contributed by atoms with Gasteiger partial charge in [-0.2, -0.15) is 0 Å². The molecule has 2 N–H and O–H groups in total. The maximum absolute atomic E-state index is 5.18. The van der Waals surface area contributed by atoms with Crippen LogP contribution >= 0.6 is 24.0 Å². The summed E-state index contributed by atoms with van der Waals surface area (Å²) in [5, 5.41) is 0. The molecule has 48 valence electrons. The standard InChI is InChI=1S/C4H9NOS2/c1-3(6-2)8-4(5)7/h3H,1-2H3,(H2,5,7). The summed E-state index contributed by atoms with van der Waals surface area (Å²) >= 11 is 5.94. The van der Waals surface area contributed by atoms with Gasteiger partial charge < -0.3 is 10.5 Å². The minimum absolute atomic E-state index is 0.0764. The van der Waals surface area contributed by atoms with Gasteiger partial charge in [0, 0.05) is 7.11 Å². The Labute approximate surface area is 58.8 Å². The highest BCUT2D eigenvalue weighted by Crippen LogP contribution is 2.09. The van der Waals surface area contributed by atoms with E-state index < -0.39 is 0 Å². The van der Waals surface area contributed by atoms with Crippen molar-refractivity contribution >= 4 is 28.3 Å². The summed E-state index contributed by atoms with van der Waals surface area (Å²) in [5.41, 5.74) is 5.26. The Hall–Kier alpha value is 0.200. The molecule has 0 saturated heterocycles. The van der Waals surface area contributed by atoms with Gasteiger partial charge in [-0.25, -0.2) is 0 Å². The number of hydrogen-bond acceptors (Lipinski definition) is 3. The Bertz CT molecular complexity index is 86.1. The summed E-state index contributed by atoms with van der Waals surface area (Å²) in [6, 6.07) is 0. The van der Waals surface area contributed by atoms with Crippen molar-refractivity contribution < 1.29 is 4.74 Å². The zero-order valence-corrected chi connectivity index (χ0v) is 6.51. The van der Waals surface area contributed by atoms with Crippen LogP contribution in [0.3, 0.4) is 0 Å². The number of hydrogen-bond donors (Lipinski definition) is 1. The number of thioether (sulfide) groups is 1. The molecule has 0 aliphatic rings. The van der Waals surface area contributed by atoms with Gasteiger partial charge in [0.05, 0.1) is 0 Å². The minimum atomic E-state index is 0.0764. The van der Waals surface area contributed by atoms with Crippen LogP contribution in [0.5, 0.6) is 0 Å². The van der Waals surface area contributed by atoms with Crippen LogP contribution < -0.4 is 5.73 Å². The zero-order chi connectivity index (χ0) is 6.57. The van der Waals surface area contributed by atoms with Crippen molar-refractivity contribution in [2.75, 3.05) is 7.11 Å². The highest BCUT2D eigenvalue weighted by Gasteiger charge is 1.98. The predicted molar refractivity (Wildman–Crippen MR) is 40.8 cm³/mol. The van der Waals surface area contributed by atoms with Crippen molar-refractivity contribution in [2.45, 2.75) is 12.4 Å². The molecule has 0 radical (unpaired) electrons. The summed E-state index contributed by atoms with van der Waals surface area (Å²) in [4.78, 5) is 0. The fourth-order valence-electron chi connectivity index (χ4n) is 0.212. The van der Waals surface area contributed by atoms with Crippen molar-refractivity contribution in [1.29, 1.82) is 0 Å². The summed E-state index contributed by atoms with van der Waals surface area (Å²) < 4.78 is 5.29. The normalized spacial score (nSPS) is 13.2. The quantitative estimate of drug-likeness (QED) is 0.471. The SMILES string of the molecule is COC(C)SC(N)=S. The number of ether oxygens (including phenoxy) is 1. The molecular formula is C4H9NOS2. The lowest BCUT2D eigenvalue weighted by Gasteiger charge is -2.04. The van der Waals surface area contributed by atoms with Gasteiger partial charge in [-0.1, -0.05) is 24.0 Å². The molecule has 0 aliphatic heterocycles. The molecule has 1 atom stereocenters. The molecule has 0 fully saturated rings. The highest BCUT2D eigenvalue weighted by molar-refractivity contribution is 8.23. The van der Waals surface area contributed by atoms with Crippen molar-refractivity contribution in [3.8, 4) is 0 Å². The summed E-state index contributed by atoms with van der Waals surface area (Å²) in [7, 11) is 1.62. The number of rotatable bonds is 2. The zero-order valence-electron chi connectivity index (χ0n) is 4.88. The molecule has 0 aromatic rings. The number of methoxy groups -OCH3 is 1. The molecule has 0 amide bonds. The molecule has 0 bridgehead atoms. The van der Waals surface area contributed by atoms with Crippen LogP contribution in [0.25, 0.3) is 0 Å². The van der Waals surface area contributed by atoms with Crippen LogP contribution in [0.4, 0.5) is 0 Å². The molecule has 2 nitrogen and oxygen atoms in total. The van der Waals surface area contributed by atoms with Gasteiger partial charge in [0.25, 0.3) is 0 Å². The Morgan fingerprint density at radius 2 is 2.38 bits per heavy atom. The Morgan fingerprint density at radius 1 is 1.88 bits per heavy atom. The van der Waals surface area contributed by atoms with Gasteiger partial charge >= 0.3 is 0 Å². The lowest BCUT2D eigenvalue weighted by molar-refractivity contribution is 0.188. The van der Waals surface area contributed by atoms with Crippen molar-refractivity contribution in [2.24, 2.45) is 5.73 Å². The van der Waals surface area contributed by atoms with E-state index in [4.69, 9.17) is 10.5 Å². The summed E-state index contributed by atoms with van der Waals surface area (Å²) in [5.74, 6) is 0. The number of thiocarbonyl (C=S) groups is 1. The van der Waals surface area contributed by atoms with Gasteiger partial charge in [-0.15, -0.1) is 0 Å². The van der Waals surface area contributed by atoms with Crippen LogP contribution in [0.2, 0.25) is 0 Å². The summed E-state index contributed by atoms with van der Waals surface area (Å²) in [6.07, 6.45) is 0. The second kappa shape index (κ2) is 4.12. The van der Waals surface area contributed by atoms with E-state index >= 15 is 0 Å². The van der Waals surface area contributed by atoms with E-state index in [0.29, 0.717) is 4.32 Å². The van der Waals surface area contributed by atoms with Gasteiger partial charge in [0.2, 0.25) is 0 Å². The molecule has 4 heteroatoms. The maximum atomic E-state index is 5.18. The maximum Gasteiger partial charge on any atom is 0.133 e. The molecule has 0 rings (SSSR count). The van der Waals surface area contributed by atoms with E-state index in [9.17, 15) is 0 Å². The molecule has 0 aliphatic carbocycles. The first-order valence-corrected chi connectivity index (χ1v) is 3.44. The van der Waals surface area contributed by atoms with Gasteiger partial charge in [-0.3, -0.25) is 0 Å². The minimum Gasteiger partial charge on any atom is -0.385 e. The third-order valence-corrected chi connectivity index (χ3v) is 1.66. The first-order chi connectivity index (χ1) is 3.66. The molecule has 0 aromatic carbocycles. The first-order valence-electron chi connectivity index (χ1n) is 2.15. The van der Waals surface area contributed by atoms with Crippen LogP contribution in [-0.2, 0) is 4.74 Å². The van der Waals surface area contributed by atoms with Crippen molar-refractivity contribution in [1.82, 2.24) is 0 Å². The number of nitrogens with two attached hydrogens (primary N) is 1. The molecule has 0 spiro atoms. The average Bonchev–Trinajstić information content (AvgIpc) is 1.65. The second-order valence-corrected chi connectivity index (χ2v) is 3.28. The smallest absolute Gasteiger partial charge is 0.133 e. The van der Waals surface area contributed by atoms with Gasteiger partial charge in [-0.05, 0) is 6.92 Å². The Morgan fingerprint density at radius 3 is 2.50 bits per heavy atom. The van der Waals surface area contributed by atoms with Crippen molar-refractivity contribution in [3.05, 3.63) is 0 Å². The van der Waals surface area contributed by atoms with Gasteiger partial charge in [0.15, 0.2) is 0 Å². The highest BCUT2D eigenvalue weighted by atomic mass is 32.2. The third kappa shape index (κ3) is 4.36. The van der Waals surface area contributed by atoms with E-state index in [1.165, 1.54) is 11.8 Å². The second-order valence-electron chi connectivity index (χ2n) is 1.24. The average molecular weight is 151 g/mol. The van der Waals surface area contributed by atoms with E-state index in [1.54, 1.807) is 7.11 Å². The van der Waals surface area contributed by atoms with E-state index in [1.807, 2.05) is 6.92 Å². The third-order valence-electron chi connectivity index (χ3n) is 0.614. The Balaban J connectivity index is 3.24. The molecule has 0 saturated carbocycles. The van der Waals surface area contributed by atoms with Crippen LogP contribution in [0.15, 0.2) is 0 Å². The largest absolute Gasteiger partial charge is 0.385 e. The first kappa shape index (κ1) is 8.20. The molecular weight excluding hydrogens is 142 g/mol. The lowest BCUT2D eigenvalue weighted by Crippen LogP contribution is -2.09. The summed E-state index contributed by atoms with van der Waals surface area (Å²) in [6.45, 7) is 1.89. The Kier molecular flexibility index (Phi) is 4.22. The predicted octanol–water partition coefficient (Wildman–Crippen LogP) is 0.956. The van der Waals surface area contributed by atoms with E-state index in [0.717, 1.165) is 0 Å². The monoisotopic (exact) mass is 151 g/mol. The van der Waals surface area contributed by atoms with Crippen molar-refractivity contribution in [3.63, 3.8) is 0 Å².